The number of hydrogen-bond acceptors (Lipinski definition) is 4. The van der Waals surface area contributed by atoms with Crippen molar-refractivity contribution in [2.75, 3.05) is 6.61 Å². The molecule has 1 aromatic heterocycles. The van der Waals surface area contributed by atoms with E-state index in [1.807, 2.05) is 10.9 Å². The van der Waals surface area contributed by atoms with Crippen molar-refractivity contribution in [3.8, 4) is 0 Å². The minimum Gasteiger partial charge on any atom is -0.304 e. The van der Waals surface area contributed by atoms with Gasteiger partial charge in [0.25, 0.3) is 0 Å². The fourth-order valence-corrected chi connectivity index (χ4v) is 1.27. The zero-order valence-electron chi connectivity index (χ0n) is 7.52. The first-order valence-electron chi connectivity index (χ1n) is 4.59. The molecular formula is C8H14N4O. The van der Waals surface area contributed by atoms with Crippen molar-refractivity contribution in [1.82, 2.24) is 15.0 Å². The molecule has 0 unspecified atom stereocenters. The Balaban J connectivity index is 1.84. The van der Waals surface area contributed by atoms with Gasteiger partial charge in [-0.15, -0.1) is 5.10 Å². The Morgan fingerprint density at radius 3 is 3.15 bits per heavy atom. The second-order valence-electron chi connectivity index (χ2n) is 3.50. The molecular weight excluding hydrogens is 168 g/mol. The van der Waals surface area contributed by atoms with Crippen molar-refractivity contribution in [2.45, 2.75) is 25.8 Å². The van der Waals surface area contributed by atoms with E-state index in [2.05, 4.69) is 15.1 Å². The fourth-order valence-electron chi connectivity index (χ4n) is 1.27. The van der Waals surface area contributed by atoms with Crippen molar-refractivity contribution in [3.63, 3.8) is 0 Å². The van der Waals surface area contributed by atoms with Gasteiger partial charge in [0.05, 0.1) is 12.3 Å². The highest BCUT2D eigenvalue weighted by Crippen LogP contribution is 2.30. The minimum atomic E-state index is 0.502. The van der Waals surface area contributed by atoms with Gasteiger partial charge in [-0.05, 0) is 18.8 Å². The van der Waals surface area contributed by atoms with Crippen LogP contribution in [0.15, 0.2) is 6.20 Å². The summed E-state index contributed by atoms with van der Waals surface area (Å²) < 4.78 is 1.91. The molecule has 1 aromatic rings. The quantitative estimate of drug-likeness (QED) is 0.657. The molecule has 0 aliphatic heterocycles. The molecule has 2 rings (SSSR count). The molecule has 1 heterocycles. The summed E-state index contributed by atoms with van der Waals surface area (Å²) in [5, 5.41) is 8.03. The van der Waals surface area contributed by atoms with E-state index in [1.165, 1.54) is 12.8 Å². The van der Waals surface area contributed by atoms with Gasteiger partial charge in [0.1, 0.15) is 0 Å². The Hall–Kier alpha value is -0.940. The monoisotopic (exact) mass is 182 g/mol. The molecule has 0 atom stereocenters. The summed E-state index contributed by atoms with van der Waals surface area (Å²) in [6.07, 6.45) is 5.38. The van der Waals surface area contributed by atoms with Crippen LogP contribution in [0.3, 0.4) is 0 Å². The van der Waals surface area contributed by atoms with Gasteiger partial charge < -0.3 is 4.84 Å². The van der Waals surface area contributed by atoms with Crippen molar-refractivity contribution in [3.05, 3.63) is 11.9 Å². The molecule has 13 heavy (non-hydrogen) atoms. The number of rotatable bonds is 5. The molecule has 0 spiro atoms. The zero-order chi connectivity index (χ0) is 9.10. The van der Waals surface area contributed by atoms with E-state index in [0.717, 1.165) is 24.6 Å². The zero-order valence-corrected chi connectivity index (χ0v) is 7.52. The Morgan fingerprint density at radius 2 is 2.46 bits per heavy atom. The highest BCUT2D eigenvalue weighted by atomic mass is 16.6. The Bertz CT molecular complexity index is 269. The van der Waals surface area contributed by atoms with Crippen LogP contribution >= 0.6 is 0 Å². The topological polar surface area (TPSA) is 66.0 Å². The third-order valence-corrected chi connectivity index (χ3v) is 2.20. The summed E-state index contributed by atoms with van der Waals surface area (Å²) in [6.45, 7) is 1.51. The molecule has 0 amide bonds. The number of hydrogen-bond donors (Lipinski definition) is 1. The van der Waals surface area contributed by atoms with E-state index in [4.69, 9.17) is 5.90 Å². The molecule has 0 bridgehead atoms. The first-order valence-corrected chi connectivity index (χ1v) is 4.59. The highest BCUT2D eigenvalue weighted by molar-refractivity contribution is 4.92. The summed E-state index contributed by atoms with van der Waals surface area (Å²) in [4.78, 5) is 4.47. The Kier molecular flexibility index (Phi) is 2.56. The van der Waals surface area contributed by atoms with E-state index >= 15 is 0 Å². The van der Waals surface area contributed by atoms with E-state index in [9.17, 15) is 0 Å². The summed E-state index contributed by atoms with van der Waals surface area (Å²) >= 11 is 0. The second-order valence-corrected chi connectivity index (χ2v) is 3.50. The van der Waals surface area contributed by atoms with Crippen LogP contribution in [0.5, 0.6) is 0 Å². The van der Waals surface area contributed by atoms with E-state index in [-0.39, 0.29) is 0 Å². The average molecular weight is 182 g/mol. The lowest BCUT2D eigenvalue weighted by atomic mass is 10.3. The van der Waals surface area contributed by atoms with Crippen LogP contribution in [0.25, 0.3) is 0 Å². The standard InChI is InChI=1S/C8H14N4O/c9-13-4-3-8-6-12(11-10-8)5-7-1-2-7/h6-7H,1-5,9H2. The van der Waals surface area contributed by atoms with Crippen LogP contribution in [0.1, 0.15) is 18.5 Å². The van der Waals surface area contributed by atoms with Gasteiger partial charge in [-0.2, -0.15) is 0 Å². The molecule has 1 aliphatic carbocycles. The van der Waals surface area contributed by atoms with Crippen molar-refractivity contribution < 1.29 is 4.84 Å². The van der Waals surface area contributed by atoms with Crippen molar-refractivity contribution in [2.24, 2.45) is 11.8 Å². The molecule has 1 aliphatic rings. The predicted octanol–water partition coefficient (Wildman–Crippen LogP) is 0.121. The van der Waals surface area contributed by atoms with Crippen LogP contribution < -0.4 is 5.90 Å². The average Bonchev–Trinajstić information content (AvgIpc) is 2.81. The lowest BCUT2D eigenvalue weighted by Crippen LogP contribution is -2.03. The Morgan fingerprint density at radius 1 is 1.62 bits per heavy atom. The van der Waals surface area contributed by atoms with Gasteiger partial charge in [0.2, 0.25) is 0 Å². The lowest BCUT2D eigenvalue weighted by molar-refractivity contribution is 0.140. The summed E-state index contributed by atoms with van der Waals surface area (Å²) in [5.41, 5.74) is 0.950. The number of nitrogens with zero attached hydrogens (tertiary/aromatic N) is 3. The normalized spacial score (nSPS) is 16.4. The SMILES string of the molecule is NOCCc1cn(CC2CC2)nn1. The lowest BCUT2D eigenvalue weighted by Gasteiger charge is -1.94. The molecule has 5 heteroatoms. The van der Waals surface area contributed by atoms with Gasteiger partial charge >= 0.3 is 0 Å². The Labute approximate surface area is 76.8 Å². The van der Waals surface area contributed by atoms with Crippen molar-refractivity contribution >= 4 is 0 Å². The minimum absolute atomic E-state index is 0.502. The summed E-state index contributed by atoms with van der Waals surface area (Å²) in [7, 11) is 0. The van der Waals surface area contributed by atoms with Gasteiger partial charge in [-0.25, -0.2) is 5.90 Å². The highest BCUT2D eigenvalue weighted by Gasteiger charge is 2.22. The van der Waals surface area contributed by atoms with Crippen LogP contribution in [0.4, 0.5) is 0 Å². The molecule has 1 saturated carbocycles. The fraction of sp³-hybridized carbons (Fsp3) is 0.750. The second kappa shape index (κ2) is 3.85. The maximum atomic E-state index is 4.92. The number of nitrogens with two attached hydrogens (primary N) is 1. The molecule has 0 radical (unpaired) electrons. The molecule has 5 nitrogen and oxygen atoms in total. The van der Waals surface area contributed by atoms with Gasteiger partial charge in [0.15, 0.2) is 0 Å². The smallest absolute Gasteiger partial charge is 0.0850 e. The maximum Gasteiger partial charge on any atom is 0.0850 e. The van der Waals surface area contributed by atoms with E-state index in [1.54, 1.807) is 0 Å². The summed E-state index contributed by atoms with van der Waals surface area (Å²) in [6, 6.07) is 0. The van der Waals surface area contributed by atoms with Crippen LogP contribution in [-0.2, 0) is 17.8 Å². The summed E-state index contributed by atoms with van der Waals surface area (Å²) in [5.74, 6) is 5.75. The van der Waals surface area contributed by atoms with E-state index < -0.39 is 0 Å². The molecule has 2 N–H and O–H groups in total. The first kappa shape index (κ1) is 8.65. The van der Waals surface area contributed by atoms with Crippen molar-refractivity contribution in [1.29, 1.82) is 0 Å². The molecule has 72 valence electrons. The molecule has 0 aromatic carbocycles. The predicted molar refractivity (Wildman–Crippen MR) is 46.6 cm³/mol. The maximum absolute atomic E-state index is 4.92. The third-order valence-electron chi connectivity index (χ3n) is 2.20. The number of aromatic nitrogens is 3. The van der Waals surface area contributed by atoms with Crippen LogP contribution in [-0.4, -0.2) is 21.6 Å². The van der Waals surface area contributed by atoms with Crippen LogP contribution in [0, 0.1) is 5.92 Å². The molecule has 0 saturated heterocycles. The van der Waals surface area contributed by atoms with Gasteiger partial charge in [-0.3, -0.25) is 4.68 Å². The van der Waals surface area contributed by atoms with Gasteiger partial charge in [0, 0.05) is 19.2 Å². The first-order chi connectivity index (χ1) is 6.38. The van der Waals surface area contributed by atoms with E-state index in [0.29, 0.717) is 6.61 Å². The largest absolute Gasteiger partial charge is 0.304 e. The molecule has 1 fully saturated rings. The van der Waals surface area contributed by atoms with Crippen LogP contribution in [0.2, 0.25) is 0 Å². The van der Waals surface area contributed by atoms with Gasteiger partial charge in [-0.1, -0.05) is 5.21 Å². The third kappa shape index (κ3) is 2.50.